The fourth-order valence-corrected chi connectivity index (χ4v) is 4.33. The van der Waals surface area contributed by atoms with Gasteiger partial charge in [-0.05, 0) is 58.1 Å². The van der Waals surface area contributed by atoms with E-state index in [1.165, 1.54) is 58.2 Å². The third kappa shape index (κ3) is 4.36. The van der Waals surface area contributed by atoms with Gasteiger partial charge in [-0.1, -0.05) is 95.3 Å². The number of allylic oxidation sites excluding steroid dienone is 4. The van der Waals surface area contributed by atoms with Crippen molar-refractivity contribution in [1.82, 2.24) is 0 Å². The Hall–Kier alpha value is -2.08. The molecule has 0 fully saturated rings. The fraction of sp³-hybridized carbons (Fsp3) is 0.385. The first-order chi connectivity index (χ1) is 12.5. The molecule has 2 aromatic rings. The average Bonchev–Trinajstić information content (AvgIpc) is 2.99. The van der Waals surface area contributed by atoms with Crippen LogP contribution >= 0.6 is 0 Å². The lowest BCUT2D eigenvalue weighted by atomic mass is 9.82. The normalized spacial score (nSPS) is 13.9. The van der Waals surface area contributed by atoms with Gasteiger partial charge in [0.15, 0.2) is 0 Å². The first kappa shape index (κ1) is 18.7. The molecule has 0 saturated carbocycles. The molecule has 0 heteroatoms. The summed E-state index contributed by atoms with van der Waals surface area (Å²) in [6.45, 7) is 11.1. The maximum atomic E-state index is 2.48. The molecule has 0 unspecified atom stereocenters. The summed E-state index contributed by atoms with van der Waals surface area (Å²) in [6, 6.07) is 14.0. The molecule has 0 nitrogen and oxygen atoms in total. The van der Waals surface area contributed by atoms with E-state index in [9.17, 15) is 0 Å². The van der Waals surface area contributed by atoms with E-state index in [1.54, 1.807) is 5.57 Å². The lowest BCUT2D eigenvalue weighted by Crippen LogP contribution is -2.06. The smallest absolute Gasteiger partial charge is 0.0305 e. The van der Waals surface area contributed by atoms with Gasteiger partial charge in [-0.15, -0.1) is 0 Å². The van der Waals surface area contributed by atoms with Crippen molar-refractivity contribution in [2.45, 2.75) is 66.2 Å². The molecule has 0 spiro atoms. The van der Waals surface area contributed by atoms with Gasteiger partial charge in [0, 0.05) is 5.92 Å². The van der Waals surface area contributed by atoms with Crippen LogP contribution in [0.25, 0.3) is 0 Å². The highest BCUT2D eigenvalue weighted by atomic mass is 14.3. The first-order valence-corrected chi connectivity index (χ1v) is 10.0. The highest BCUT2D eigenvalue weighted by molar-refractivity contribution is 5.50. The minimum Gasteiger partial charge on any atom is -0.0772 e. The molecule has 0 atom stereocenters. The van der Waals surface area contributed by atoms with Crippen molar-refractivity contribution in [3.63, 3.8) is 0 Å². The molecule has 2 aromatic carbocycles. The molecular formula is C26H32. The van der Waals surface area contributed by atoms with Crippen LogP contribution < -0.4 is 0 Å². The van der Waals surface area contributed by atoms with Gasteiger partial charge >= 0.3 is 0 Å². The molecule has 26 heavy (non-hydrogen) atoms. The van der Waals surface area contributed by atoms with Crippen LogP contribution in [0.4, 0.5) is 0 Å². The fourth-order valence-electron chi connectivity index (χ4n) is 4.33. The number of hydrogen-bond donors (Lipinski definition) is 0. The first-order valence-electron chi connectivity index (χ1n) is 10.0. The van der Waals surface area contributed by atoms with Crippen molar-refractivity contribution in [2.24, 2.45) is 0 Å². The standard InChI is InChI=1S/C26H32/c1-6-7-8-22-9-10-23(17-22)26(24-13-18(2)11-19(3)14-24)25-15-20(4)12-21(5)16-25/h9,11-17,26H,6-8,10H2,1-5H3. The molecule has 0 amide bonds. The summed E-state index contributed by atoms with van der Waals surface area (Å²) in [5, 5.41) is 0. The largest absolute Gasteiger partial charge is 0.0772 e. The van der Waals surface area contributed by atoms with Crippen LogP contribution in [0.3, 0.4) is 0 Å². The summed E-state index contributed by atoms with van der Waals surface area (Å²) < 4.78 is 0. The zero-order valence-electron chi connectivity index (χ0n) is 17.0. The second-order valence-electron chi connectivity index (χ2n) is 8.08. The summed E-state index contributed by atoms with van der Waals surface area (Å²) in [7, 11) is 0. The van der Waals surface area contributed by atoms with E-state index >= 15 is 0 Å². The minimum atomic E-state index is 0.363. The molecule has 0 radical (unpaired) electrons. The quantitative estimate of drug-likeness (QED) is 0.509. The van der Waals surface area contributed by atoms with Crippen LogP contribution in [0.1, 0.15) is 71.9 Å². The van der Waals surface area contributed by atoms with Crippen LogP contribution in [-0.2, 0) is 0 Å². The maximum absolute atomic E-state index is 2.48. The number of hydrogen-bond acceptors (Lipinski definition) is 0. The molecule has 0 aromatic heterocycles. The van der Waals surface area contributed by atoms with Gasteiger partial charge in [-0.3, -0.25) is 0 Å². The van der Waals surface area contributed by atoms with Crippen LogP contribution in [-0.4, -0.2) is 0 Å². The van der Waals surface area contributed by atoms with E-state index in [2.05, 4.69) is 83.2 Å². The van der Waals surface area contributed by atoms with Crippen molar-refractivity contribution < 1.29 is 0 Å². The minimum absolute atomic E-state index is 0.363. The Kier molecular flexibility index (Phi) is 5.81. The van der Waals surface area contributed by atoms with Crippen molar-refractivity contribution in [2.75, 3.05) is 0 Å². The number of unbranched alkanes of at least 4 members (excludes halogenated alkanes) is 1. The van der Waals surface area contributed by atoms with Gasteiger partial charge < -0.3 is 0 Å². The topological polar surface area (TPSA) is 0 Å². The van der Waals surface area contributed by atoms with Gasteiger partial charge in [-0.25, -0.2) is 0 Å². The summed E-state index contributed by atoms with van der Waals surface area (Å²) in [4.78, 5) is 0. The predicted molar refractivity (Wildman–Crippen MR) is 114 cm³/mol. The molecule has 1 aliphatic carbocycles. The Balaban J connectivity index is 2.05. The van der Waals surface area contributed by atoms with E-state index in [-0.39, 0.29) is 0 Å². The van der Waals surface area contributed by atoms with Crippen molar-refractivity contribution in [3.05, 3.63) is 93.1 Å². The van der Waals surface area contributed by atoms with E-state index in [4.69, 9.17) is 0 Å². The Labute approximate surface area is 159 Å². The summed E-state index contributed by atoms with van der Waals surface area (Å²) in [5.41, 5.74) is 11.4. The van der Waals surface area contributed by atoms with Crippen LogP contribution in [0.15, 0.2) is 59.7 Å². The molecule has 0 bridgehead atoms. The zero-order chi connectivity index (χ0) is 18.7. The third-order valence-corrected chi connectivity index (χ3v) is 5.32. The Bertz CT molecular complexity index is 756. The lowest BCUT2D eigenvalue weighted by molar-refractivity contribution is 0.798. The predicted octanol–water partition coefficient (Wildman–Crippen LogP) is 7.50. The molecule has 3 rings (SSSR count). The maximum Gasteiger partial charge on any atom is 0.0305 e. The number of benzene rings is 2. The summed E-state index contributed by atoms with van der Waals surface area (Å²) in [6.07, 6.45) is 9.78. The second-order valence-corrected chi connectivity index (χ2v) is 8.08. The Morgan fingerprint density at radius 1 is 0.769 bits per heavy atom. The third-order valence-electron chi connectivity index (χ3n) is 5.32. The van der Waals surface area contributed by atoms with Crippen LogP contribution in [0.5, 0.6) is 0 Å². The van der Waals surface area contributed by atoms with Crippen LogP contribution in [0, 0.1) is 27.7 Å². The van der Waals surface area contributed by atoms with Crippen molar-refractivity contribution >= 4 is 0 Å². The van der Waals surface area contributed by atoms with Gasteiger partial charge in [0.1, 0.15) is 0 Å². The number of rotatable bonds is 6. The SMILES string of the molecule is CCCCC1=CCC(C(c2cc(C)cc(C)c2)c2cc(C)cc(C)c2)=C1. The molecule has 0 N–H and O–H groups in total. The van der Waals surface area contributed by atoms with E-state index in [1.807, 2.05) is 0 Å². The molecular weight excluding hydrogens is 312 g/mol. The number of aryl methyl sites for hydroxylation is 4. The lowest BCUT2D eigenvalue weighted by Gasteiger charge is -2.22. The highest BCUT2D eigenvalue weighted by Gasteiger charge is 2.22. The summed E-state index contributed by atoms with van der Waals surface area (Å²) in [5.74, 6) is 0.363. The van der Waals surface area contributed by atoms with Crippen LogP contribution in [0.2, 0.25) is 0 Å². The van der Waals surface area contributed by atoms with Gasteiger partial charge in [0.25, 0.3) is 0 Å². The average molecular weight is 345 g/mol. The van der Waals surface area contributed by atoms with E-state index in [0.29, 0.717) is 5.92 Å². The van der Waals surface area contributed by atoms with E-state index in [0.717, 1.165) is 6.42 Å². The Morgan fingerprint density at radius 3 is 1.73 bits per heavy atom. The van der Waals surface area contributed by atoms with Gasteiger partial charge in [0.05, 0.1) is 0 Å². The molecule has 0 aliphatic heterocycles. The van der Waals surface area contributed by atoms with E-state index < -0.39 is 0 Å². The monoisotopic (exact) mass is 344 g/mol. The molecule has 0 heterocycles. The highest BCUT2D eigenvalue weighted by Crippen LogP contribution is 2.39. The van der Waals surface area contributed by atoms with Gasteiger partial charge in [0.2, 0.25) is 0 Å². The molecule has 136 valence electrons. The molecule has 1 aliphatic rings. The molecule has 0 saturated heterocycles. The van der Waals surface area contributed by atoms with Crippen molar-refractivity contribution in [3.8, 4) is 0 Å². The van der Waals surface area contributed by atoms with Crippen molar-refractivity contribution in [1.29, 1.82) is 0 Å². The zero-order valence-corrected chi connectivity index (χ0v) is 17.0. The van der Waals surface area contributed by atoms with Gasteiger partial charge in [-0.2, -0.15) is 0 Å². The summed E-state index contributed by atoms with van der Waals surface area (Å²) >= 11 is 0. The Morgan fingerprint density at radius 2 is 1.27 bits per heavy atom. The second kappa shape index (κ2) is 8.08.